The highest BCUT2D eigenvalue weighted by Crippen LogP contribution is 2.15. The lowest BCUT2D eigenvalue weighted by Crippen LogP contribution is -2.27. The fourth-order valence-corrected chi connectivity index (χ4v) is 1.74. The molecule has 0 aliphatic carbocycles. The van der Waals surface area contributed by atoms with E-state index in [1.165, 1.54) is 0 Å². The number of ether oxygens (including phenoxy) is 1. The molecule has 0 bridgehead atoms. The summed E-state index contributed by atoms with van der Waals surface area (Å²) in [7, 11) is 1.79. The van der Waals surface area contributed by atoms with Gasteiger partial charge in [-0.15, -0.1) is 0 Å². The highest BCUT2D eigenvalue weighted by Gasteiger charge is 2.13. The van der Waals surface area contributed by atoms with E-state index in [0.717, 1.165) is 5.56 Å². The number of rotatable bonds is 6. The molecule has 2 rings (SSSR count). The number of aromatic nitrogens is 2. The predicted molar refractivity (Wildman–Crippen MR) is 72.7 cm³/mol. The van der Waals surface area contributed by atoms with Crippen molar-refractivity contribution < 1.29 is 14.1 Å². The van der Waals surface area contributed by atoms with E-state index >= 15 is 0 Å². The first-order valence-electron chi connectivity index (χ1n) is 6.41. The van der Waals surface area contributed by atoms with Gasteiger partial charge in [-0.25, -0.2) is 0 Å². The molecule has 0 fully saturated rings. The van der Waals surface area contributed by atoms with Crippen LogP contribution in [0.2, 0.25) is 0 Å². The zero-order valence-electron chi connectivity index (χ0n) is 11.6. The second-order valence-electron chi connectivity index (χ2n) is 4.36. The third kappa shape index (κ3) is 3.89. The monoisotopic (exact) mass is 275 g/mol. The average Bonchev–Trinajstić information content (AvgIpc) is 2.88. The predicted octanol–water partition coefficient (Wildman–Crippen LogP) is 1.73. The van der Waals surface area contributed by atoms with E-state index in [2.05, 4.69) is 10.1 Å². The molecule has 0 amide bonds. The largest absolute Gasteiger partial charge is 0.465 e. The van der Waals surface area contributed by atoms with E-state index in [4.69, 9.17) is 9.26 Å². The van der Waals surface area contributed by atoms with Crippen LogP contribution < -0.4 is 0 Å². The van der Waals surface area contributed by atoms with Crippen LogP contribution in [0.25, 0.3) is 11.4 Å². The van der Waals surface area contributed by atoms with Crippen LogP contribution in [0.15, 0.2) is 34.9 Å². The van der Waals surface area contributed by atoms with Gasteiger partial charge in [-0.1, -0.05) is 35.5 Å². The molecule has 0 spiro atoms. The molecule has 1 aromatic carbocycles. The van der Waals surface area contributed by atoms with E-state index in [1.54, 1.807) is 18.9 Å². The van der Waals surface area contributed by atoms with Gasteiger partial charge >= 0.3 is 5.97 Å². The van der Waals surface area contributed by atoms with Crippen molar-refractivity contribution in [1.82, 2.24) is 15.0 Å². The van der Waals surface area contributed by atoms with Crippen LogP contribution in [0.5, 0.6) is 0 Å². The van der Waals surface area contributed by atoms with Crippen LogP contribution in [-0.2, 0) is 16.1 Å². The summed E-state index contributed by atoms with van der Waals surface area (Å²) >= 11 is 0. The lowest BCUT2D eigenvalue weighted by molar-refractivity contribution is -0.144. The van der Waals surface area contributed by atoms with Gasteiger partial charge < -0.3 is 9.26 Å². The molecule has 0 aliphatic heterocycles. The Balaban J connectivity index is 1.94. The number of nitrogens with zero attached hydrogens (tertiary/aromatic N) is 3. The first kappa shape index (κ1) is 14.2. The maximum absolute atomic E-state index is 11.3. The number of likely N-dealkylation sites (N-methyl/N-ethyl adjacent to an activating group) is 1. The van der Waals surface area contributed by atoms with Gasteiger partial charge in [0.1, 0.15) is 0 Å². The van der Waals surface area contributed by atoms with Crippen LogP contribution in [0, 0.1) is 0 Å². The SMILES string of the molecule is CCOC(=O)CN(C)Cc1nc(-c2ccccc2)no1. The second kappa shape index (κ2) is 6.81. The quantitative estimate of drug-likeness (QED) is 0.748. The molecule has 6 heteroatoms. The lowest BCUT2D eigenvalue weighted by atomic mass is 10.2. The molecule has 6 nitrogen and oxygen atoms in total. The Hall–Kier alpha value is -2.21. The summed E-state index contributed by atoms with van der Waals surface area (Å²) in [6, 6.07) is 9.59. The minimum Gasteiger partial charge on any atom is -0.465 e. The van der Waals surface area contributed by atoms with Gasteiger partial charge in [0.05, 0.1) is 19.7 Å². The van der Waals surface area contributed by atoms with Gasteiger partial charge in [0.2, 0.25) is 11.7 Å². The third-order valence-corrected chi connectivity index (χ3v) is 2.61. The van der Waals surface area contributed by atoms with Crippen LogP contribution in [0.4, 0.5) is 0 Å². The Kier molecular flexibility index (Phi) is 4.84. The van der Waals surface area contributed by atoms with Gasteiger partial charge in [-0.05, 0) is 14.0 Å². The Morgan fingerprint density at radius 3 is 2.80 bits per heavy atom. The van der Waals surface area contributed by atoms with E-state index in [9.17, 15) is 4.79 Å². The first-order chi connectivity index (χ1) is 9.69. The number of esters is 1. The molecule has 0 saturated carbocycles. The van der Waals surface area contributed by atoms with E-state index in [1.807, 2.05) is 30.3 Å². The molecular formula is C14H17N3O3. The molecule has 0 unspecified atom stereocenters. The molecule has 1 aromatic heterocycles. The summed E-state index contributed by atoms with van der Waals surface area (Å²) in [5.41, 5.74) is 0.899. The van der Waals surface area contributed by atoms with Crippen LogP contribution in [-0.4, -0.2) is 41.2 Å². The number of carbonyl (C=O) groups is 1. The molecule has 0 aliphatic rings. The van der Waals surface area contributed by atoms with Gasteiger partial charge in [0, 0.05) is 5.56 Å². The van der Waals surface area contributed by atoms with Crippen LogP contribution >= 0.6 is 0 Å². The summed E-state index contributed by atoms with van der Waals surface area (Å²) in [6.07, 6.45) is 0. The standard InChI is InChI=1S/C14H17N3O3/c1-3-19-13(18)10-17(2)9-12-15-14(16-20-12)11-7-5-4-6-8-11/h4-8H,3,9-10H2,1-2H3. The molecule has 2 aromatic rings. The Morgan fingerprint density at radius 2 is 2.10 bits per heavy atom. The Labute approximate surface area is 117 Å². The van der Waals surface area contributed by atoms with Gasteiger partial charge in [0.25, 0.3) is 0 Å². The zero-order valence-corrected chi connectivity index (χ0v) is 11.6. The molecule has 0 atom stereocenters. The minimum absolute atomic E-state index is 0.191. The topological polar surface area (TPSA) is 68.5 Å². The van der Waals surface area contributed by atoms with E-state index < -0.39 is 0 Å². The Bertz CT molecular complexity index is 554. The highest BCUT2D eigenvalue weighted by atomic mass is 16.5. The molecule has 1 heterocycles. The average molecular weight is 275 g/mol. The summed E-state index contributed by atoms with van der Waals surface area (Å²) in [5.74, 6) is 0.749. The summed E-state index contributed by atoms with van der Waals surface area (Å²) in [5, 5.41) is 3.93. The molecule has 0 saturated heterocycles. The number of hydrogen-bond acceptors (Lipinski definition) is 6. The number of hydrogen-bond donors (Lipinski definition) is 0. The van der Waals surface area contributed by atoms with Crippen molar-refractivity contribution >= 4 is 5.97 Å². The van der Waals surface area contributed by atoms with Crippen molar-refractivity contribution in [2.24, 2.45) is 0 Å². The smallest absolute Gasteiger partial charge is 0.320 e. The van der Waals surface area contributed by atoms with Crippen molar-refractivity contribution in [1.29, 1.82) is 0 Å². The van der Waals surface area contributed by atoms with E-state index in [0.29, 0.717) is 24.9 Å². The zero-order chi connectivity index (χ0) is 14.4. The van der Waals surface area contributed by atoms with Crippen molar-refractivity contribution in [3.05, 3.63) is 36.2 Å². The van der Waals surface area contributed by atoms with Gasteiger partial charge in [0.15, 0.2) is 0 Å². The van der Waals surface area contributed by atoms with Crippen molar-refractivity contribution in [2.45, 2.75) is 13.5 Å². The van der Waals surface area contributed by atoms with Crippen molar-refractivity contribution in [2.75, 3.05) is 20.2 Å². The van der Waals surface area contributed by atoms with Crippen LogP contribution in [0.1, 0.15) is 12.8 Å². The maximum Gasteiger partial charge on any atom is 0.320 e. The van der Waals surface area contributed by atoms with Crippen molar-refractivity contribution in [3.63, 3.8) is 0 Å². The Morgan fingerprint density at radius 1 is 1.35 bits per heavy atom. The fraction of sp³-hybridized carbons (Fsp3) is 0.357. The summed E-state index contributed by atoms with van der Waals surface area (Å²) in [6.45, 7) is 2.75. The normalized spacial score (nSPS) is 10.8. The lowest BCUT2D eigenvalue weighted by Gasteiger charge is -2.12. The minimum atomic E-state index is -0.266. The number of carbonyl (C=O) groups excluding carboxylic acids is 1. The summed E-state index contributed by atoms with van der Waals surface area (Å²) in [4.78, 5) is 17.4. The molecular weight excluding hydrogens is 258 g/mol. The third-order valence-electron chi connectivity index (χ3n) is 2.61. The molecule has 0 radical (unpaired) electrons. The number of benzene rings is 1. The summed E-state index contributed by atoms with van der Waals surface area (Å²) < 4.78 is 10.1. The van der Waals surface area contributed by atoms with Crippen molar-refractivity contribution in [3.8, 4) is 11.4 Å². The maximum atomic E-state index is 11.3. The first-order valence-corrected chi connectivity index (χ1v) is 6.41. The molecule has 20 heavy (non-hydrogen) atoms. The van der Waals surface area contributed by atoms with Gasteiger partial charge in [-0.2, -0.15) is 4.98 Å². The van der Waals surface area contributed by atoms with Gasteiger partial charge in [-0.3, -0.25) is 9.69 Å². The molecule has 106 valence electrons. The fourth-order valence-electron chi connectivity index (χ4n) is 1.74. The van der Waals surface area contributed by atoms with Crippen LogP contribution in [0.3, 0.4) is 0 Å². The second-order valence-corrected chi connectivity index (χ2v) is 4.36. The van der Waals surface area contributed by atoms with E-state index in [-0.39, 0.29) is 12.5 Å². The molecule has 0 N–H and O–H groups in total. The highest BCUT2D eigenvalue weighted by molar-refractivity contribution is 5.71.